The highest BCUT2D eigenvalue weighted by Gasteiger charge is 2.19. The lowest BCUT2D eigenvalue weighted by Crippen LogP contribution is -2.15. The Hall–Kier alpha value is -1.75. The number of anilines is 2. The van der Waals surface area contributed by atoms with Crippen molar-refractivity contribution in [2.75, 3.05) is 10.5 Å². The molecule has 0 aliphatic rings. The molecule has 0 aliphatic heterocycles. The Morgan fingerprint density at radius 3 is 2.57 bits per heavy atom. The summed E-state index contributed by atoms with van der Waals surface area (Å²) in [5.74, 6) is 0. The van der Waals surface area contributed by atoms with Gasteiger partial charge in [0.05, 0.1) is 16.9 Å². The number of hydrogen-bond acceptors (Lipinski definition) is 4. The summed E-state index contributed by atoms with van der Waals surface area (Å²) in [6.45, 7) is 0. The summed E-state index contributed by atoms with van der Waals surface area (Å²) in [4.78, 5) is -0.0745. The van der Waals surface area contributed by atoms with Gasteiger partial charge in [0.15, 0.2) is 0 Å². The van der Waals surface area contributed by atoms with Crippen molar-refractivity contribution in [3.8, 4) is 6.07 Å². The third kappa shape index (κ3) is 3.47. The monoisotopic (exact) mass is 385 g/mol. The van der Waals surface area contributed by atoms with Crippen molar-refractivity contribution in [2.24, 2.45) is 0 Å². The first-order chi connectivity index (χ1) is 9.83. The highest BCUT2D eigenvalue weighted by Crippen LogP contribution is 2.27. The van der Waals surface area contributed by atoms with Gasteiger partial charge >= 0.3 is 0 Å². The number of halogens is 2. The quantitative estimate of drug-likeness (QED) is 0.791. The Morgan fingerprint density at radius 1 is 1.24 bits per heavy atom. The number of rotatable bonds is 3. The fourth-order valence-electron chi connectivity index (χ4n) is 1.66. The van der Waals surface area contributed by atoms with Crippen LogP contribution in [-0.4, -0.2) is 8.42 Å². The molecular formula is C13H9BrClN3O2S. The van der Waals surface area contributed by atoms with Crippen molar-refractivity contribution in [1.29, 1.82) is 5.26 Å². The number of sulfonamides is 1. The average molecular weight is 387 g/mol. The predicted octanol–water partition coefficient (Wildman–Crippen LogP) is 3.36. The van der Waals surface area contributed by atoms with Crippen molar-refractivity contribution in [3.63, 3.8) is 0 Å². The lowest BCUT2D eigenvalue weighted by molar-refractivity contribution is 0.601. The van der Waals surface area contributed by atoms with E-state index in [1.54, 1.807) is 6.07 Å². The van der Waals surface area contributed by atoms with Crippen LogP contribution in [0.2, 0.25) is 5.02 Å². The molecule has 0 bridgehead atoms. The maximum atomic E-state index is 12.4. The first-order valence-electron chi connectivity index (χ1n) is 5.61. The number of nitrogens with zero attached hydrogens (tertiary/aromatic N) is 1. The van der Waals surface area contributed by atoms with Crippen molar-refractivity contribution in [1.82, 2.24) is 0 Å². The van der Waals surface area contributed by atoms with Crippen LogP contribution in [0.1, 0.15) is 5.56 Å². The van der Waals surface area contributed by atoms with Gasteiger partial charge in [0.25, 0.3) is 10.0 Å². The lowest BCUT2D eigenvalue weighted by Gasteiger charge is -2.11. The molecule has 0 amide bonds. The molecular weight excluding hydrogens is 378 g/mol. The molecule has 2 aromatic carbocycles. The first kappa shape index (κ1) is 15.6. The van der Waals surface area contributed by atoms with Gasteiger partial charge in [-0.2, -0.15) is 5.26 Å². The summed E-state index contributed by atoms with van der Waals surface area (Å²) < 4.78 is 27.7. The van der Waals surface area contributed by atoms with Crippen LogP contribution in [0.4, 0.5) is 11.4 Å². The minimum absolute atomic E-state index is 0.0745. The molecule has 0 fully saturated rings. The van der Waals surface area contributed by atoms with E-state index in [1.165, 1.54) is 30.3 Å². The Balaban J connectivity index is 2.47. The second-order valence-electron chi connectivity index (χ2n) is 4.09. The van der Waals surface area contributed by atoms with Gasteiger partial charge in [0.1, 0.15) is 11.0 Å². The summed E-state index contributed by atoms with van der Waals surface area (Å²) >= 11 is 9.03. The normalized spacial score (nSPS) is 10.9. The van der Waals surface area contributed by atoms with E-state index in [4.69, 9.17) is 22.6 Å². The summed E-state index contributed by atoms with van der Waals surface area (Å²) in [6, 6.07) is 10.6. The minimum atomic E-state index is -3.92. The Kier molecular flexibility index (Phi) is 4.42. The molecule has 2 aromatic rings. The third-order valence-electron chi connectivity index (χ3n) is 2.61. The highest BCUT2D eigenvalue weighted by atomic mass is 79.9. The van der Waals surface area contributed by atoms with Crippen LogP contribution in [0.25, 0.3) is 0 Å². The Labute approximate surface area is 135 Å². The fourth-order valence-corrected chi connectivity index (χ4v) is 3.40. The van der Waals surface area contributed by atoms with Crippen LogP contribution in [-0.2, 0) is 10.0 Å². The van der Waals surface area contributed by atoms with E-state index in [0.29, 0.717) is 9.50 Å². The summed E-state index contributed by atoms with van der Waals surface area (Å²) in [7, 11) is -3.92. The first-order valence-corrected chi connectivity index (χ1v) is 8.26. The molecule has 0 heterocycles. The van der Waals surface area contributed by atoms with Crippen LogP contribution in [0.5, 0.6) is 0 Å². The van der Waals surface area contributed by atoms with Crippen LogP contribution < -0.4 is 10.5 Å². The number of nitrogens with one attached hydrogen (secondary N) is 1. The van der Waals surface area contributed by atoms with E-state index >= 15 is 0 Å². The van der Waals surface area contributed by atoms with Gasteiger partial charge in [-0.3, -0.25) is 4.72 Å². The van der Waals surface area contributed by atoms with Crippen LogP contribution in [0.15, 0.2) is 45.8 Å². The van der Waals surface area contributed by atoms with Crippen molar-refractivity contribution < 1.29 is 8.42 Å². The largest absolute Gasteiger partial charge is 0.398 e. The molecule has 21 heavy (non-hydrogen) atoms. The van der Waals surface area contributed by atoms with Gasteiger partial charge in [-0.15, -0.1) is 0 Å². The van der Waals surface area contributed by atoms with Gasteiger partial charge in [-0.25, -0.2) is 8.42 Å². The second-order valence-corrected chi connectivity index (χ2v) is 7.09. The van der Waals surface area contributed by atoms with Crippen molar-refractivity contribution >= 4 is 48.9 Å². The Morgan fingerprint density at radius 2 is 1.95 bits per heavy atom. The zero-order valence-electron chi connectivity index (χ0n) is 10.5. The molecule has 0 saturated heterocycles. The zero-order chi connectivity index (χ0) is 15.6. The molecule has 2 rings (SSSR count). The van der Waals surface area contributed by atoms with Gasteiger partial charge in [-0.1, -0.05) is 27.5 Å². The van der Waals surface area contributed by atoms with E-state index in [9.17, 15) is 8.42 Å². The smallest absolute Gasteiger partial charge is 0.263 e. The van der Waals surface area contributed by atoms with Crippen molar-refractivity contribution in [3.05, 3.63) is 51.5 Å². The molecule has 0 spiro atoms. The summed E-state index contributed by atoms with van der Waals surface area (Å²) in [6.07, 6.45) is 0. The van der Waals surface area contributed by atoms with Crippen molar-refractivity contribution in [2.45, 2.75) is 4.90 Å². The predicted molar refractivity (Wildman–Crippen MR) is 85.5 cm³/mol. The number of nitrogens with two attached hydrogens (primary N) is 1. The van der Waals surface area contributed by atoms with E-state index in [2.05, 4.69) is 20.7 Å². The third-order valence-corrected chi connectivity index (χ3v) is 4.78. The van der Waals surface area contributed by atoms with Gasteiger partial charge in [-0.05, 0) is 36.4 Å². The molecule has 0 saturated carbocycles. The van der Waals surface area contributed by atoms with Crippen LogP contribution in [0, 0.1) is 11.3 Å². The Bertz CT molecular complexity index is 847. The molecule has 0 atom stereocenters. The maximum Gasteiger partial charge on any atom is 0.263 e. The van der Waals surface area contributed by atoms with Gasteiger partial charge < -0.3 is 5.73 Å². The van der Waals surface area contributed by atoms with Gasteiger partial charge in [0.2, 0.25) is 0 Å². The summed E-state index contributed by atoms with van der Waals surface area (Å²) in [5, 5.41) is 9.32. The summed E-state index contributed by atoms with van der Waals surface area (Å²) in [5.41, 5.74) is 6.09. The molecule has 8 heteroatoms. The molecule has 108 valence electrons. The number of nitrogen functional groups attached to an aromatic ring is 1. The standard InChI is InChI=1S/C13H9BrClN3O2S/c14-9-2-4-13(11(17)5-9)21(19,20)18-12-6-10(15)3-1-8(12)7-16/h1-6,18H,17H2. The molecule has 0 aliphatic carbocycles. The number of nitriles is 1. The van der Waals surface area contributed by atoms with Gasteiger partial charge in [0, 0.05) is 9.50 Å². The lowest BCUT2D eigenvalue weighted by atomic mass is 10.2. The topological polar surface area (TPSA) is 96.0 Å². The van der Waals surface area contributed by atoms with E-state index < -0.39 is 10.0 Å². The fraction of sp³-hybridized carbons (Fsp3) is 0. The maximum absolute atomic E-state index is 12.4. The van der Waals surface area contributed by atoms with E-state index in [0.717, 1.165) is 0 Å². The highest BCUT2D eigenvalue weighted by molar-refractivity contribution is 9.10. The van der Waals surface area contributed by atoms with Crippen LogP contribution >= 0.6 is 27.5 Å². The van der Waals surface area contributed by atoms with E-state index in [-0.39, 0.29) is 21.8 Å². The number of benzene rings is 2. The molecule has 3 N–H and O–H groups in total. The second kappa shape index (κ2) is 5.93. The van der Waals surface area contributed by atoms with E-state index in [1.807, 2.05) is 6.07 Å². The van der Waals surface area contributed by atoms with Crippen LogP contribution in [0.3, 0.4) is 0 Å². The molecule has 0 radical (unpaired) electrons. The molecule has 5 nitrogen and oxygen atoms in total. The average Bonchev–Trinajstić information content (AvgIpc) is 2.37. The minimum Gasteiger partial charge on any atom is -0.398 e. The SMILES string of the molecule is N#Cc1ccc(Cl)cc1NS(=O)(=O)c1ccc(Br)cc1N. The number of hydrogen-bond donors (Lipinski definition) is 2. The zero-order valence-corrected chi connectivity index (χ0v) is 13.6. The molecule has 0 unspecified atom stereocenters. The molecule has 0 aromatic heterocycles.